The minimum atomic E-state index is -2.82. The molecule has 0 amide bonds. The molecule has 5 nitrogen and oxygen atoms in total. The Morgan fingerprint density at radius 2 is 2.30 bits per heavy atom. The molecule has 1 saturated heterocycles. The van der Waals surface area contributed by atoms with Gasteiger partial charge in [-0.05, 0) is 32.5 Å². The maximum absolute atomic E-state index is 11.5. The van der Waals surface area contributed by atoms with E-state index in [9.17, 15) is 8.42 Å². The molecule has 1 aliphatic rings. The van der Waals surface area contributed by atoms with Crippen molar-refractivity contribution in [3.63, 3.8) is 0 Å². The lowest BCUT2D eigenvalue weighted by Crippen LogP contribution is -2.32. The maximum atomic E-state index is 11.5. The first kappa shape index (κ1) is 15.5. The fourth-order valence-corrected chi connectivity index (χ4v) is 4.37. The normalized spacial score (nSPS) is 21.6. The number of hydrogen-bond acceptors (Lipinski definition) is 5. The van der Waals surface area contributed by atoms with Crippen LogP contribution in [0.25, 0.3) is 0 Å². The number of furan rings is 1. The van der Waals surface area contributed by atoms with E-state index in [0.29, 0.717) is 5.75 Å². The van der Waals surface area contributed by atoms with E-state index in [1.54, 1.807) is 6.26 Å². The van der Waals surface area contributed by atoms with E-state index in [1.807, 2.05) is 13.1 Å². The van der Waals surface area contributed by atoms with Crippen LogP contribution in [-0.4, -0.2) is 44.5 Å². The SMILES string of the molecule is CCCNCc1occc1CN(C)C1CCS(=O)(=O)C1. The van der Waals surface area contributed by atoms with Gasteiger partial charge >= 0.3 is 0 Å². The third-order valence-electron chi connectivity index (χ3n) is 3.80. The minimum absolute atomic E-state index is 0.131. The molecule has 0 aliphatic carbocycles. The summed E-state index contributed by atoms with van der Waals surface area (Å²) in [6.07, 6.45) is 3.54. The quantitative estimate of drug-likeness (QED) is 0.771. The highest BCUT2D eigenvalue weighted by atomic mass is 32.2. The van der Waals surface area contributed by atoms with Crippen LogP contribution in [0.2, 0.25) is 0 Å². The van der Waals surface area contributed by atoms with Crippen LogP contribution in [0.3, 0.4) is 0 Å². The second-order valence-electron chi connectivity index (χ2n) is 5.52. The van der Waals surface area contributed by atoms with Crippen LogP contribution in [0.1, 0.15) is 31.1 Å². The van der Waals surface area contributed by atoms with Crippen molar-refractivity contribution in [3.05, 3.63) is 23.7 Å². The summed E-state index contributed by atoms with van der Waals surface area (Å²) >= 11 is 0. The molecule has 1 N–H and O–H groups in total. The van der Waals surface area contributed by atoms with Crippen molar-refractivity contribution in [2.45, 2.75) is 38.9 Å². The first-order valence-electron chi connectivity index (χ1n) is 7.18. The lowest BCUT2D eigenvalue weighted by atomic mass is 10.2. The molecule has 0 saturated carbocycles. The third-order valence-corrected chi connectivity index (χ3v) is 5.55. The molecule has 1 aromatic heterocycles. The Labute approximate surface area is 121 Å². The predicted molar refractivity (Wildman–Crippen MR) is 79.2 cm³/mol. The number of hydrogen-bond donors (Lipinski definition) is 1. The van der Waals surface area contributed by atoms with Gasteiger partial charge in [-0.1, -0.05) is 6.92 Å². The molecule has 0 bridgehead atoms. The summed E-state index contributed by atoms with van der Waals surface area (Å²) < 4.78 is 28.6. The van der Waals surface area contributed by atoms with Crippen LogP contribution in [0, 0.1) is 0 Å². The zero-order valence-corrected chi connectivity index (χ0v) is 13.1. The topological polar surface area (TPSA) is 62.6 Å². The molecule has 1 atom stereocenters. The Kier molecular flexibility index (Phi) is 5.23. The molecule has 0 radical (unpaired) electrons. The van der Waals surface area contributed by atoms with Crippen molar-refractivity contribution >= 4 is 9.84 Å². The summed E-state index contributed by atoms with van der Waals surface area (Å²) in [5.74, 6) is 1.55. The van der Waals surface area contributed by atoms with Gasteiger partial charge in [0.15, 0.2) is 9.84 Å². The lowest BCUT2D eigenvalue weighted by molar-refractivity contribution is 0.251. The summed E-state index contributed by atoms with van der Waals surface area (Å²) in [6.45, 7) is 4.56. The fraction of sp³-hybridized carbons (Fsp3) is 0.714. The fourth-order valence-electron chi connectivity index (χ4n) is 2.56. The molecule has 2 heterocycles. The number of nitrogens with zero attached hydrogens (tertiary/aromatic N) is 1. The van der Waals surface area contributed by atoms with E-state index in [4.69, 9.17) is 4.42 Å². The first-order chi connectivity index (χ1) is 9.52. The molecule has 1 aliphatic heterocycles. The molecule has 20 heavy (non-hydrogen) atoms. The van der Waals surface area contributed by atoms with Crippen LogP contribution < -0.4 is 5.32 Å². The van der Waals surface area contributed by atoms with Crippen LogP contribution in [0.5, 0.6) is 0 Å². The minimum Gasteiger partial charge on any atom is -0.468 e. The van der Waals surface area contributed by atoms with Crippen LogP contribution in [-0.2, 0) is 22.9 Å². The predicted octanol–water partition coefficient (Wildman–Crippen LogP) is 1.40. The van der Waals surface area contributed by atoms with Gasteiger partial charge in [0.2, 0.25) is 0 Å². The van der Waals surface area contributed by atoms with E-state index in [-0.39, 0.29) is 11.8 Å². The van der Waals surface area contributed by atoms with E-state index >= 15 is 0 Å². The Hall–Kier alpha value is -0.850. The average molecular weight is 300 g/mol. The summed E-state index contributed by atoms with van der Waals surface area (Å²) in [5.41, 5.74) is 1.14. The smallest absolute Gasteiger partial charge is 0.151 e. The number of sulfone groups is 1. The molecule has 1 fully saturated rings. The zero-order valence-electron chi connectivity index (χ0n) is 12.3. The largest absolute Gasteiger partial charge is 0.468 e. The lowest BCUT2D eigenvalue weighted by Gasteiger charge is -2.22. The Bertz CT molecular complexity index is 524. The zero-order chi connectivity index (χ0) is 14.6. The van der Waals surface area contributed by atoms with Gasteiger partial charge in [-0.3, -0.25) is 4.90 Å². The summed E-state index contributed by atoms with van der Waals surface area (Å²) in [4.78, 5) is 2.12. The van der Waals surface area contributed by atoms with Crippen molar-refractivity contribution in [2.24, 2.45) is 0 Å². The second-order valence-corrected chi connectivity index (χ2v) is 7.75. The van der Waals surface area contributed by atoms with Gasteiger partial charge in [-0.2, -0.15) is 0 Å². The second kappa shape index (κ2) is 6.74. The van der Waals surface area contributed by atoms with Crippen molar-refractivity contribution in [3.8, 4) is 0 Å². The Morgan fingerprint density at radius 1 is 1.50 bits per heavy atom. The highest BCUT2D eigenvalue weighted by Crippen LogP contribution is 2.20. The first-order valence-corrected chi connectivity index (χ1v) is 9.00. The summed E-state index contributed by atoms with van der Waals surface area (Å²) in [5, 5.41) is 3.33. The number of rotatable bonds is 7. The molecule has 1 aromatic rings. The molecule has 1 unspecified atom stereocenters. The molecule has 2 rings (SSSR count). The van der Waals surface area contributed by atoms with Gasteiger partial charge in [0.25, 0.3) is 0 Å². The van der Waals surface area contributed by atoms with E-state index < -0.39 is 9.84 Å². The van der Waals surface area contributed by atoms with E-state index in [2.05, 4.69) is 17.1 Å². The van der Waals surface area contributed by atoms with Crippen molar-refractivity contribution in [2.75, 3.05) is 25.1 Å². The standard InChI is InChI=1S/C14H24N2O3S/c1-3-6-15-9-14-12(4-7-19-14)10-16(2)13-5-8-20(17,18)11-13/h4,7,13,15H,3,5-6,8-11H2,1-2H3. The molecule has 114 valence electrons. The summed E-state index contributed by atoms with van der Waals surface area (Å²) in [6, 6.07) is 2.11. The molecular weight excluding hydrogens is 276 g/mol. The highest BCUT2D eigenvalue weighted by Gasteiger charge is 2.30. The monoisotopic (exact) mass is 300 g/mol. The highest BCUT2D eigenvalue weighted by molar-refractivity contribution is 7.91. The van der Waals surface area contributed by atoms with Gasteiger partial charge in [0.05, 0.1) is 24.3 Å². The van der Waals surface area contributed by atoms with E-state index in [0.717, 1.165) is 43.8 Å². The average Bonchev–Trinajstić information content (AvgIpc) is 2.96. The molecular formula is C14H24N2O3S. The van der Waals surface area contributed by atoms with Crippen LogP contribution >= 0.6 is 0 Å². The summed E-state index contributed by atoms with van der Waals surface area (Å²) in [7, 11) is -0.837. The van der Waals surface area contributed by atoms with Crippen molar-refractivity contribution in [1.29, 1.82) is 0 Å². The van der Waals surface area contributed by atoms with Crippen LogP contribution in [0.15, 0.2) is 16.7 Å². The molecule has 0 aromatic carbocycles. The third kappa shape index (κ3) is 4.07. The van der Waals surface area contributed by atoms with Gasteiger partial charge in [-0.25, -0.2) is 8.42 Å². The molecule has 0 spiro atoms. The van der Waals surface area contributed by atoms with Crippen molar-refractivity contribution in [1.82, 2.24) is 10.2 Å². The van der Waals surface area contributed by atoms with Gasteiger partial charge in [-0.15, -0.1) is 0 Å². The van der Waals surface area contributed by atoms with Gasteiger partial charge in [0, 0.05) is 18.2 Å². The Balaban J connectivity index is 1.91. The van der Waals surface area contributed by atoms with Gasteiger partial charge < -0.3 is 9.73 Å². The molecule has 6 heteroatoms. The Morgan fingerprint density at radius 3 is 2.95 bits per heavy atom. The van der Waals surface area contributed by atoms with Crippen molar-refractivity contribution < 1.29 is 12.8 Å². The van der Waals surface area contributed by atoms with E-state index in [1.165, 1.54) is 0 Å². The maximum Gasteiger partial charge on any atom is 0.151 e. The van der Waals surface area contributed by atoms with Gasteiger partial charge in [0.1, 0.15) is 5.76 Å². The van der Waals surface area contributed by atoms with Crippen LogP contribution in [0.4, 0.5) is 0 Å². The number of nitrogens with one attached hydrogen (secondary N) is 1.